The summed E-state index contributed by atoms with van der Waals surface area (Å²) in [6, 6.07) is 7.28. The highest BCUT2D eigenvalue weighted by Gasteiger charge is 2.48. The molecule has 2 amide bonds. The number of ether oxygens (including phenoxy) is 2. The van der Waals surface area contributed by atoms with Crippen LogP contribution in [0.2, 0.25) is 0 Å². The van der Waals surface area contributed by atoms with Gasteiger partial charge in [0.1, 0.15) is 18.0 Å². The van der Waals surface area contributed by atoms with Crippen molar-refractivity contribution in [2.45, 2.75) is 24.3 Å². The summed E-state index contributed by atoms with van der Waals surface area (Å²) in [5, 5.41) is 8.78. The minimum Gasteiger partial charge on any atom is -0.371 e. The number of anilines is 1. The number of carbonyl (C=O) groups excluding carboxylic acids is 1. The number of carbonyl (C=O) groups is 1. The summed E-state index contributed by atoms with van der Waals surface area (Å²) in [7, 11) is 0. The lowest BCUT2D eigenvalue weighted by Gasteiger charge is -2.18. The van der Waals surface area contributed by atoms with E-state index >= 15 is 0 Å². The van der Waals surface area contributed by atoms with E-state index in [1.807, 2.05) is 0 Å². The maximum absolute atomic E-state index is 13.5. The fourth-order valence-corrected chi connectivity index (χ4v) is 3.53. The van der Waals surface area contributed by atoms with E-state index in [0.717, 1.165) is 0 Å². The number of rotatable bonds is 6. The van der Waals surface area contributed by atoms with Crippen molar-refractivity contribution in [3.8, 4) is 11.3 Å². The van der Waals surface area contributed by atoms with Gasteiger partial charge in [0, 0.05) is 18.3 Å². The second-order valence-corrected chi connectivity index (χ2v) is 6.87. The lowest BCUT2D eigenvalue weighted by Crippen LogP contribution is -2.48. The van der Waals surface area contributed by atoms with E-state index in [9.17, 15) is 9.18 Å². The van der Waals surface area contributed by atoms with E-state index in [2.05, 4.69) is 32.5 Å². The van der Waals surface area contributed by atoms with Gasteiger partial charge in [-0.05, 0) is 18.2 Å². The normalized spacial score (nSPS) is 25.3. The van der Waals surface area contributed by atoms with Gasteiger partial charge in [-0.2, -0.15) is 0 Å². The lowest BCUT2D eigenvalue weighted by atomic mass is 10.1. The Morgan fingerprint density at radius 1 is 1.24 bits per heavy atom. The molecule has 0 aliphatic carbocycles. The molecule has 8 nitrogen and oxygen atoms in total. The Kier molecular flexibility index (Phi) is 5.68. The van der Waals surface area contributed by atoms with Crippen LogP contribution in [0.25, 0.3) is 11.3 Å². The van der Waals surface area contributed by atoms with Gasteiger partial charge < -0.3 is 25.4 Å². The van der Waals surface area contributed by atoms with Crippen LogP contribution >= 0.6 is 0 Å². The smallest absolute Gasteiger partial charge is 0.315 e. The number of benzene rings is 1. The first-order valence-electron chi connectivity index (χ1n) is 9.38. The summed E-state index contributed by atoms with van der Waals surface area (Å²) in [4.78, 5) is 20.6. The van der Waals surface area contributed by atoms with Crippen molar-refractivity contribution < 1.29 is 18.7 Å². The molecule has 152 valence electrons. The predicted molar refractivity (Wildman–Crippen MR) is 105 cm³/mol. The van der Waals surface area contributed by atoms with E-state index in [1.54, 1.807) is 30.5 Å². The summed E-state index contributed by atoms with van der Waals surface area (Å²) in [5.74, 6) is 0.0856. The van der Waals surface area contributed by atoms with Gasteiger partial charge >= 0.3 is 6.03 Å². The zero-order chi connectivity index (χ0) is 20.2. The summed E-state index contributed by atoms with van der Waals surface area (Å²) >= 11 is 0. The molecule has 2 aliphatic heterocycles. The molecule has 1 aromatic carbocycles. The highest BCUT2D eigenvalue weighted by Crippen LogP contribution is 2.29. The molecule has 0 unspecified atom stereocenters. The van der Waals surface area contributed by atoms with Gasteiger partial charge in [0.25, 0.3) is 0 Å². The van der Waals surface area contributed by atoms with Gasteiger partial charge in [0.15, 0.2) is 0 Å². The zero-order valence-electron chi connectivity index (χ0n) is 15.7. The van der Waals surface area contributed by atoms with Crippen LogP contribution in [-0.4, -0.2) is 60.0 Å². The number of urea groups is 1. The number of halogens is 1. The lowest BCUT2D eigenvalue weighted by molar-refractivity contribution is 0.0682. The maximum Gasteiger partial charge on any atom is 0.315 e. The molecule has 29 heavy (non-hydrogen) atoms. The van der Waals surface area contributed by atoms with Gasteiger partial charge in [0.05, 0.1) is 31.0 Å². The van der Waals surface area contributed by atoms with E-state index in [4.69, 9.17) is 9.47 Å². The SMILES string of the molecule is C=CCNC(=O)N[C@H]1CO[C@H]2[C@@H]1OC[C@@H]2Nc1nccc(-c2cccc(F)c2)n1. The van der Waals surface area contributed by atoms with E-state index in [-0.39, 0.29) is 36.1 Å². The molecule has 4 rings (SSSR count). The van der Waals surface area contributed by atoms with Crippen LogP contribution in [0.1, 0.15) is 0 Å². The van der Waals surface area contributed by atoms with Crippen LogP contribution in [0.15, 0.2) is 49.2 Å². The Labute approximate surface area is 167 Å². The van der Waals surface area contributed by atoms with Crippen molar-refractivity contribution in [1.29, 1.82) is 0 Å². The highest BCUT2D eigenvalue weighted by molar-refractivity contribution is 5.74. The van der Waals surface area contributed by atoms with Crippen molar-refractivity contribution in [3.63, 3.8) is 0 Å². The molecule has 2 aliphatic rings. The van der Waals surface area contributed by atoms with Crippen LogP contribution in [0.4, 0.5) is 15.1 Å². The second-order valence-electron chi connectivity index (χ2n) is 6.87. The number of fused-ring (bicyclic) bond motifs is 1. The molecule has 4 atom stereocenters. The Balaban J connectivity index is 1.40. The Morgan fingerprint density at radius 2 is 2.03 bits per heavy atom. The molecule has 1 aromatic heterocycles. The minimum absolute atomic E-state index is 0.161. The molecule has 3 heterocycles. The van der Waals surface area contributed by atoms with E-state index in [1.165, 1.54) is 12.1 Å². The molecule has 0 bridgehead atoms. The molecule has 2 saturated heterocycles. The van der Waals surface area contributed by atoms with Crippen LogP contribution in [0, 0.1) is 5.82 Å². The molecular weight excluding hydrogens is 377 g/mol. The van der Waals surface area contributed by atoms with Crippen LogP contribution in [0.5, 0.6) is 0 Å². The number of amides is 2. The van der Waals surface area contributed by atoms with Gasteiger partial charge in [-0.25, -0.2) is 19.2 Å². The third kappa shape index (κ3) is 4.36. The fourth-order valence-electron chi connectivity index (χ4n) is 3.53. The van der Waals surface area contributed by atoms with Crippen LogP contribution < -0.4 is 16.0 Å². The van der Waals surface area contributed by atoms with Crippen molar-refractivity contribution in [2.75, 3.05) is 25.1 Å². The number of nitrogens with one attached hydrogen (secondary N) is 3. The van der Waals surface area contributed by atoms with Crippen molar-refractivity contribution in [3.05, 3.63) is 55.0 Å². The van der Waals surface area contributed by atoms with Crippen molar-refractivity contribution in [2.24, 2.45) is 0 Å². The second kappa shape index (κ2) is 8.54. The first-order valence-corrected chi connectivity index (χ1v) is 9.38. The standard InChI is InChI=1S/C20H22FN5O3/c1-2-7-23-20(27)26-16-11-29-17-15(10-28-18(16)17)25-19-22-8-6-14(24-19)12-4-3-5-13(21)9-12/h2-6,8-9,15-18H,1,7,10-11H2,(H,22,24,25)(H2,23,26,27)/t15-,16-,17+,18+/m0/s1. The average molecular weight is 399 g/mol. The monoisotopic (exact) mass is 399 g/mol. The van der Waals surface area contributed by atoms with Gasteiger partial charge in [-0.15, -0.1) is 6.58 Å². The Bertz CT molecular complexity index is 896. The molecule has 2 aromatic rings. The molecule has 0 saturated carbocycles. The quantitative estimate of drug-likeness (QED) is 0.640. The molecule has 9 heteroatoms. The summed E-state index contributed by atoms with van der Waals surface area (Å²) in [6.45, 7) is 4.71. The average Bonchev–Trinajstić information content (AvgIpc) is 3.30. The number of aromatic nitrogens is 2. The third-order valence-corrected chi connectivity index (χ3v) is 4.87. The number of hydrogen-bond donors (Lipinski definition) is 3. The number of nitrogens with zero attached hydrogens (tertiary/aromatic N) is 2. The predicted octanol–water partition coefficient (Wildman–Crippen LogP) is 1.71. The van der Waals surface area contributed by atoms with Crippen LogP contribution in [-0.2, 0) is 9.47 Å². The molecule has 0 radical (unpaired) electrons. The summed E-state index contributed by atoms with van der Waals surface area (Å²) in [6.07, 6.45) is 2.74. The largest absolute Gasteiger partial charge is 0.371 e. The molecule has 2 fully saturated rings. The topological polar surface area (TPSA) is 97.4 Å². The van der Waals surface area contributed by atoms with E-state index < -0.39 is 0 Å². The van der Waals surface area contributed by atoms with Crippen LogP contribution in [0.3, 0.4) is 0 Å². The Morgan fingerprint density at radius 3 is 2.83 bits per heavy atom. The summed E-state index contributed by atoms with van der Waals surface area (Å²) in [5.41, 5.74) is 1.28. The maximum atomic E-state index is 13.5. The minimum atomic E-state index is -0.322. The Hall–Kier alpha value is -3.04. The van der Waals surface area contributed by atoms with Gasteiger partial charge in [-0.1, -0.05) is 18.2 Å². The van der Waals surface area contributed by atoms with Gasteiger partial charge in [-0.3, -0.25) is 0 Å². The summed E-state index contributed by atoms with van der Waals surface area (Å²) < 4.78 is 25.2. The molecule has 0 spiro atoms. The van der Waals surface area contributed by atoms with E-state index in [0.29, 0.717) is 37.0 Å². The molecular formula is C20H22FN5O3. The van der Waals surface area contributed by atoms with Gasteiger partial charge in [0.2, 0.25) is 5.95 Å². The first kappa shape index (κ1) is 19.3. The highest BCUT2D eigenvalue weighted by atomic mass is 19.1. The van der Waals surface area contributed by atoms with Crippen molar-refractivity contribution in [1.82, 2.24) is 20.6 Å². The van der Waals surface area contributed by atoms with Crippen molar-refractivity contribution >= 4 is 12.0 Å². The first-order chi connectivity index (χ1) is 14.1. The number of hydrogen-bond acceptors (Lipinski definition) is 6. The molecule has 3 N–H and O–H groups in total. The third-order valence-electron chi connectivity index (χ3n) is 4.87. The zero-order valence-corrected chi connectivity index (χ0v) is 15.7. The fraction of sp³-hybridized carbons (Fsp3) is 0.350.